The lowest BCUT2D eigenvalue weighted by atomic mass is 9.83. The molecule has 2 unspecified atom stereocenters. The molecule has 2 atom stereocenters. The molecule has 2 aliphatic heterocycles. The van der Waals surface area contributed by atoms with Crippen molar-refractivity contribution in [2.75, 3.05) is 26.4 Å². The van der Waals surface area contributed by atoms with Crippen molar-refractivity contribution in [3.05, 3.63) is 57.6 Å². The molecule has 0 amide bonds. The minimum atomic E-state index is -0.0182. The normalized spacial score (nSPS) is 20.0. The monoisotopic (exact) mass is 464 g/mol. The second-order valence-electron chi connectivity index (χ2n) is 11.8. The van der Waals surface area contributed by atoms with E-state index in [4.69, 9.17) is 18.9 Å². The van der Waals surface area contributed by atoms with Crippen LogP contribution >= 0.6 is 0 Å². The van der Waals surface area contributed by atoms with E-state index in [0.717, 1.165) is 24.7 Å². The van der Waals surface area contributed by atoms with Crippen molar-refractivity contribution in [2.45, 2.75) is 78.4 Å². The minimum absolute atomic E-state index is 0.0182. The van der Waals surface area contributed by atoms with E-state index in [2.05, 4.69) is 91.8 Å². The summed E-state index contributed by atoms with van der Waals surface area (Å²) >= 11 is 0. The summed E-state index contributed by atoms with van der Waals surface area (Å²) in [6.07, 6.45) is 4.95. The van der Waals surface area contributed by atoms with Gasteiger partial charge in [-0.2, -0.15) is 0 Å². The predicted molar refractivity (Wildman–Crippen MR) is 139 cm³/mol. The average molecular weight is 465 g/mol. The molecule has 2 fully saturated rings. The lowest BCUT2D eigenvalue weighted by Crippen LogP contribution is -2.16. The molecule has 2 aromatic carbocycles. The maximum absolute atomic E-state index is 6.14. The molecule has 0 aliphatic carbocycles. The van der Waals surface area contributed by atoms with Crippen molar-refractivity contribution in [3.8, 4) is 11.5 Å². The van der Waals surface area contributed by atoms with Gasteiger partial charge in [-0.1, -0.05) is 53.7 Å². The Morgan fingerprint density at radius 3 is 1.35 bits per heavy atom. The second kappa shape index (κ2) is 9.39. The Hall–Kier alpha value is -2.30. The Morgan fingerprint density at radius 2 is 1.06 bits per heavy atom. The first-order valence-electron chi connectivity index (χ1n) is 12.4. The van der Waals surface area contributed by atoms with Crippen LogP contribution in [0, 0.1) is 13.8 Å². The van der Waals surface area contributed by atoms with Crippen molar-refractivity contribution < 1.29 is 18.9 Å². The maximum atomic E-state index is 6.14. The van der Waals surface area contributed by atoms with Crippen LogP contribution in [0.15, 0.2) is 24.3 Å². The average Bonchev–Trinajstić information content (AvgIpc) is 3.64. The summed E-state index contributed by atoms with van der Waals surface area (Å²) < 4.78 is 22.9. The van der Waals surface area contributed by atoms with Crippen LogP contribution in [0.4, 0.5) is 0 Å². The maximum Gasteiger partial charge on any atom is 0.123 e. The number of hydrogen-bond acceptors (Lipinski definition) is 4. The van der Waals surface area contributed by atoms with Gasteiger partial charge < -0.3 is 18.9 Å². The smallest absolute Gasteiger partial charge is 0.123 e. The van der Waals surface area contributed by atoms with E-state index >= 15 is 0 Å². The summed E-state index contributed by atoms with van der Waals surface area (Å²) in [5.41, 5.74) is 7.23. The Bertz CT molecular complexity index is 975. The van der Waals surface area contributed by atoms with E-state index in [-0.39, 0.29) is 23.0 Å². The van der Waals surface area contributed by atoms with Gasteiger partial charge in [-0.05, 0) is 71.2 Å². The van der Waals surface area contributed by atoms with Crippen LogP contribution in [0.2, 0.25) is 0 Å². The highest BCUT2D eigenvalue weighted by Gasteiger charge is 2.27. The summed E-state index contributed by atoms with van der Waals surface area (Å²) in [5, 5.41) is 0. The molecule has 0 spiro atoms. The van der Waals surface area contributed by atoms with Gasteiger partial charge in [-0.25, -0.2) is 0 Å². The fraction of sp³-hybridized carbons (Fsp3) is 0.533. The topological polar surface area (TPSA) is 43.5 Å². The van der Waals surface area contributed by atoms with Crippen molar-refractivity contribution in [2.24, 2.45) is 0 Å². The predicted octanol–water partition coefficient (Wildman–Crippen LogP) is 6.62. The van der Waals surface area contributed by atoms with Crippen molar-refractivity contribution >= 4 is 12.2 Å². The van der Waals surface area contributed by atoms with Gasteiger partial charge in [0.25, 0.3) is 0 Å². The Balaban J connectivity index is 1.64. The largest absolute Gasteiger partial charge is 0.490 e. The summed E-state index contributed by atoms with van der Waals surface area (Å²) in [6.45, 7) is 20.5. The minimum Gasteiger partial charge on any atom is -0.490 e. The molecule has 2 aliphatic rings. The van der Waals surface area contributed by atoms with Gasteiger partial charge in [0.15, 0.2) is 0 Å². The molecule has 2 aromatic rings. The van der Waals surface area contributed by atoms with Crippen molar-refractivity contribution in [3.63, 3.8) is 0 Å². The zero-order valence-electron chi connectivity index (χ0n) is 22.1. The third kappa shape index (κ3) is 6.22. The van der Waals surface area contributed by atoms with Gasteiger partial charge in [0, 0.05) is 11.1 Å². The fourth-order valence-corrected chi connectivity index (χ4v) is 4.04. The number of benzene rings is 2. The highest BCUT2D eigenvalue weighted by molar-refractivity contribution is 5.74. The lowest BCUT2D eigenvalue weighted by Gasteiger charge is -2.25. The Kier molecular flexibility index (Phi) is 6.85. The van der Waals surface area contributed by atoms with Gasteiger partial charge >= 0.3 is 0 Å². The van der Waals surface area contributed by atoms with E-state index in [9.17, 15) is 0 Å². The van der Waals surface area contributed by atoms with Crippen LogP contribution in [0.25, 0.3) is 12.2 Å². The summed E-state index contributed by atoms with van der Waals surface area (Å²) in [7, 11) is 0. The molecule has 4 nitrogen and oxygen atoms in total. The highest BCUT2D eigenvalue weighted by atomic mass is 16.6. The second-order valence-corrected chi connectivity index (χ2v) is 11.8. The Labute approximate surface area is 205 Å². The van der Waals surface area contributed by atoms with Gasteiger partial charge in [0.05, 0.1) is 13.2 Å². The van der Waals surface area contributed by atoms with E-state index in [1.54, 1.807) is 0 Å². The third-order valence-electron chi connectivity index (χ3n) is 6.45. The number of epoxide rings is 2. The summed E-state index contributed by atoms with van der Waals surface area (Å²) in [6, 6.07) is 8.91. The molecule has 0 N–H and O–H groups in total. The molecule has 34 heavy (non-hydrogen) atoms. The van der Waals surface area contributed by atoms with Crippen LogP contribution in [-0.4, -0.2) is 38.6 Å². The quantitative estimate of drug-likeness (QED) is 0.325. The first-order chi connectivity index (χ1) is 15.9. The first kappa shape index (κ1) is 24.8. The molecular weight excluding hydrogens is 424 g/mol. The lowest BCUT2D eigenvalue weighted by molar-refractivity contribution is 0.258. The molecule has 2 saturated heterocycles. The van der Waals surface area contributed by atoms with Crippen LogP contribution in [0.5, 0.6) is 11.5 Å². The summed E-state index contributed by atoms with van der Waals surface area (Å²) in [5.74, 6) is 1.93. The standard InChI is InChI=1S/C30H40O4/c1-19-11-27(33-17-23-15-31-23)25(29(3,4)5)13-21(19)9-10-22-14-26(30(6,7)8)28(12-20(22)2)34-18-24-16-32-24/h9-14,23-24H,15-18H2,1-8H3/b10-9+. The molecule has 0 saturated carbocycles. The number of rotatable bonds is 8. The molecule has 4 rings (SSSR count). The van der Waals surface area contributed by atoms with Crippen molar-refractivity contribution in [1.82, 2.24) is 0 Å². The van der Waals surface area contributed by atoms with Gasteiger partial charge in [0.1, 0.15) is 36.9 Å². The number of ether oxygens (including phenoxy) is 4. The number of hydrogen-bond donors (Lipinski definition) is 0. The molecule has 0 aromatic heterocycles. The van der Waals surface area contributed by atoms with Gasteiger partial charge in [0.2, 0.25) is 0 Å². The SMILES string of the molecule is Cc1cc(OCC2CO2)c(C(C)(C)C)cc1/C=C/c1cc(C(C)(C)C)c(OCC2CO2)cc1C. The van der Waals surface area contributed by atoms with Crippen LogP contribution in [0.1, 0.15) is 74.9 Å². The van der Waals surface area contributed by atoms with Crippen molar-refractivity contribution in [1.29, 1.82) is 0 Å². The molecule has 184 valence electrons. The van der Waals surface area contributed by atoms with E-state index < -0.39 is 0 Å². The van der Waals surface area contributed by atoms with Gasteiger partial charge in [-0.3, -0.25) is 0 Å². The fourth-order valence-electron chi connectivity index (χ4n) is 4.04. The van der Waals surface area contributed by atoms with Gasteiger partial charge in [-0.15, -0.1) is 0 Å². The van der Waals surface area contributed by atoms with E-state index in [0.29, 0.717) is 13.2 Å². The zero-order chi connectivity index (χ0) is 24.7. The Morgan fingerprint density at radius 1 is 0.706 bits per heavy atom. The molecule has 2 heterocycles. The highest BCUT2D eigenvalue weighted by Crippen LogP contribution is 2.37. The summed E-state index contributed by atoms with van der Waals surface area (Å²) in [4.78, 5) is 0. The molecule has 0 radical (unpaired) electrons. The van der Waals surface area contributed by atoms with Crippen LogP contribution < -0.4 is 9.47 Å². The molecule has 4 heteroatoms. The zero-order valence-corrected chi connectivity index (χ0v) is 22.1. The van der Waals surface area contributed by atoms with Crippen LogP contribution in [-0.2, 0) is 20.3 Å². The molecule has 0 bridgehead atoms. The number of aryl methyl sites for hydroxylation is 2. The third-order valence-corrected chi connectivity index (χ3v) is 6.45. The molecular formula is C30H40O4. The first-order valence-corrected chi connectivity index (χ1v) is 12.4. The van der Waals surface area contributed by atoms with E-state index in [1.807, 2.05) is 0 Å². The van der Waals surface area contributed by atoms with E-state index in [1.165, 1.54) is 33.4 Å². The van der Waals surface area contributed by atoms with Crippen LogP contribution in [0.3, 0.4) is 0 Å².